The number of nitrogens with one attached hydrogen (secondary N) is 1. The van der Waals surface area contributed by atoms with Crippen molar-refractivity contribution in [3.8, 4) is 0 Å². The Kier molecular flexibility index (Phi) is 3.43. The summed E-state index contributed by atoms with van der Waals surface area (Å²) in [5.74, 6) is 1.85. The largest absolute Gasteiger partial charge is 0.497 e. The number of hydrogen-bond donors (Lipinski definition) is 2. The summed E-state index contributed by atoms with van der Waals surface area (Å²) in [6.07, 6.45) is 15.3. The number of rotatable bonds is 3. The fourth-order valence-corrected chi connectivity index (χ4v) is 4.10. The van der Waals surface area contributed by atoms with Crippen molar-refractivity contribution in [3.63, 3.8) is 0 Å². The number of methoxy groups -OCH3 is 1. The van der Waals surface area contributed by atoms with E-state index in [4.69, 9.17) is 4.74 Å². The van der Waals surface area contributed by atoms with Crippen molar-refractivity contribution in [1.82, 2.24) is 10.2 Å². The normalized spacial score (nSPS) is 35.2. The molecule has 2 N–H and O–H groups in total. The van der Waals surface area contributed by atoms with Gasteiger partial charge in [0.2, 0.25) is 0 Å². The minimum Gasteiger partial charge on any atom is -0.497 e. The number of allylic oxidation sites excluding steroid dienone is 4. The van der Waals surface area contributed by atoms with Crippen LogP contribution in [0, 0.1) is 11.8 Å². The van der Waals surface area contributed by atoms with Crippen LogP contribution in [0.4, 0.5) is 0 Å². The first-order valence-corrected chi connectivity index (χ1v) is 7.94. The topological polar surface area (TPSA) is 44.7 Å². The predicted octanol–water partition coefficient (Wildman–Crippen LogP) is 1.35. The molecule has 2 aliphatic carbocycles. The van der Waals surface area contributed by atoms with Crippen molar-refractivity contribution in [2.24, 2.45) is 11.8 Å². The van der Waals surface area contributed by atoms with Gasteiger partial charge < -0.3 is 20.1 Å². The number of nitrogens with zero attached hydrogens (tertiary/aromatic N) is 1. The third-order valence-electron chi connectivity index (χ3n) is 5.14. The number of aliphatic hydroxyl groups excluding tert-OH is 1. The first-order chi connectivity index (χ1) is 10.8. The average molecular weight is 298 g/mol. The molecule has 0 amide bonds. The van der Waals surface area contributed by atoms with E-state index in [9.17, 15) is 5.11 Å². The Morgan fingerprint density at radius 2 is 2.14 bits per heavy atom. The van der Waals surface area contributed by atoms with E-state index in [2.05, 4.69) is 52.9 Å². The Balaban J connectivity index is 1.66. The molecule has 0 aromatic heterocycles. The van der Waals surface area contributed by atoms with Crippen molar-refractivity contribution in [3.05, 3.63) is 59.6 Å². The third kappa shape index (κ3) is 2.14. The number of fused-ring (bicyclic) bond motifs is 4. The maximum absolute atomic E-state index is 9.20. The number of hydrogen-bond acceptors (Lipinski definition) is 4. The zero-order valence-corrected chi connectivity index (χ0v) is 12.8. The first kappa shape index (κ1) is 13.9. The molecule has 1 saturated heterocycles. The van der Waals surface area contributed by atoms with Gasteiger partial charge in [0.15, 0.2) is 0 Å². The quantitative estimate of drug-likeness (QED) is 0.825. The molecule has 0 aromatic rings. The molecular weight excluding hydrogens is 276 g/mol. The zero-order valence-electron chi connectivity index (χ0n) is 12.8. The summed E-state index contributed by atoms with van der Waals surface area (Å²) in [7, 11) is 1.73. The highest BCUT2D eigenvalue weighted by Gasteiger charge is 2.45. The highest BCUT2D eigenvalue weighted by atomic mass is 16.5. The molecule has 4 rings (SSSR count). The van der Waals surface area contributed by atoms with Gasteiger partial charge in [-0.1, -0.05) is 18.2 Å². The highest BCUT2D eigenvalue weighted by Crippen LogP contribution is 2.43. The molecule has 4 unspecified atom stereocenters. The molecule has 4 heteroatoms. The summed E-state index contributed by atoms with van der Waals surface area (Å²) >= 11 is 0. The van der Waals surface area contributed by atoms with Crippen LogP contribution in [0.3, 0.4) is 0 Å². The lowest BCUT2D eigenvalue weighted by Crippen LogP contribution is -2.36. The first-order valence-electron chi connectivity index (χ1n) is 7.94. The van der Waals surface area contributed by atoms with Crippen LogP contribution in [0.5, 0.6) is 0 Å². The summed E-state index contributed by atoms with van der Waals surface area (Å²) in [6, 6.07) is 0.760. The van der Waals surface area contributed by atoms with Crippen molar-refractivity contribution in [2.75, 3.05) is 26.8 Å². The van der Waals surface area contributed by atoms with Gasteiger partial charge in [0.25, 0.3) is 0 Å². The molecule has 0 bridgehead atoms. The molecule has 4 nitrogen and oxygen atoms in total. The average Bonchev–Trinajstić information content (AvgIpc) is 2.93. The van der Waals surface area contributed by atoms with Crippen molar-refractivity contribution < 1.29 is 9.84 Å². The molecule has 0 radical (unpaired) electrons. The van der Waals surface area contributed by atoms with Crippen LogP contribution in [0.15, 0.2) is 59.6 Å². The van der Waals surface area contributed by atoms with E-state index >= 15 is 0 Å². The molecule has 4 aliphatic rings. The summed E-state index contributed by atoms with van der Waals surface area (Å²) in [5.41, 5.74) is 2.81. The van der Waals surface area contributed by atoms with Gasteiger partial charge in [-0.05, 0) is 29.4 Å². The maximum atomic E-state index is 9.20. The summed E-state index contributed by atoms with van der Waals surface area (Å²) in [6.45, 7) is 1.79. The van der Waals surface area contributed by atoms with Crippen LogP contribution < -0.4 is 5.32 Å². The van der Waals surface area contributed by atoms with Crippen LogP contribution in [0.2, 0.25) is 0 Å². The number of ether oxygens (including phenoxy) is 1. The summed E-state index contributed by atoms with van der Waals surface area (Å²) in [4.78, 5) is 2.20. The van der Waals surface area contributed by atoms with Gasteiger partial charge in [-0.25, -0.2) is 0 Å². The zero-order chi connectivity index (χ0) is 15.1. The van der Waals surface area contributed by atoms with Crippen LogP contribution in [0.1, 0.15) is 0 Å². The lowest BCUT2D eigenvalue weighted by molar-refractivity contribution is 0.237. The van der Waals surface area contributed by atoms with Crippen molar-refractivity contribution >= 4 is 0 Å². The molecule has 0 aromatic carbocycles. The monoisotopic (exact) mass is 298 g/mol. The van der Waals surface area contributed by atoms with Gasteiger partial charge in [-0.15, -0.1) is 0 Å². The number of aliphatic hydroxyl groups is 1. The van der Waals surface area contributed by atoms with Gasteiger partial charge in [-0.2, -0.15) is 0 Å². The van der Waals surface area contributed by atoms with E-state index in [0.717, 1.165) is 12.3 Å². The second-order valence-corrected chi connectivity index (χ2v) is 6.30. The highest BCUT2D eigenvalue weighted by molar-refractivity contribution is 5.47. The molecule has 22 heavy (non-hydrogen) atoms. The van der Waals surface area contributed by atoms with E-state index < -0.39 is 0 Å². The molecule has 1 fully saturated rings. The molecule has 4 atom stereocenters. The van der Waals surface area contributed by atoms with E-state index in [1.165, 1.54) is 11.1 Å². The minimum absolute atomic E-state index is 0.192. The second-order valence-electron chi connectivity index (χ2n) is 6.30. The summed E-state index contributed by atoms with van der Waals surface area (Å²) < 4.78 is 5.43. The van der Waals surface area contributed by atoms with E-state index in [1.54, 1.807) is 7.11 Å². The molecular formula is C18H22N2O2. The Labute approximate surface area is 131 Å². The van der Waals surface area contributed by atoms with E-state index in [-0.39, 0.29) is 6.61 Å². The minimum atomic E-state index is 0.192. The molecule has 2 aliphatic heterocycles. The SMILES string of the molecule is COC1=CC2C(C=C1)NC1C=CC3=C(CN(CCO)C=C3)C12. The van der Waals surface area contributed by atoms with E-state index in [1.807, 2.05) is 0 Å². The number of β-amino-alcohol motifs (C(OH)–C–C–N with tert-alkyl or cyclic N) is 1. The Morgan fingerprint density at radius 3 is 2.95 bits per heavy atom. The molecule has 2 heterocycles. The lowest BCUT2D eigenvalue weighted by Gasteiger charge is -2.35. The van der Waals surface area contributed by atoms with Gasteiger partial charge in [0, 0.05) is 43.2 Å². The van der Waals surface area contributed by atoms with Gasteiger partial charge in [0.1, 0.15) is 5.76 Å². The van der Waals surface area contributed by atoms with Gasteiger partial charge in [0.05, 0.1) is 13.7 Å². The van der Waals surface area contributed by atoms with Crippen LogP contribution in [0.25, 0.3) is 0 Å². The van der Waals surface area contributed by atoms with Crippen LogP contribution in [-0.2, 0) is 4.74 Å². The Bertz CT molecular complexity index is 615. The Hall–Kier alpha value is -1.78. The second kappa shape index (κ2) is 5.45. The summed E-state index contributed by atoms with van der Waals surface area (Å²) in [5, 5.41) is 12.9. The fourth-order valence-electron chi connectivity index (χ4n) is 4.10. The molecule has 0 saturated carbocycles. The van der Waals surface area contributed by atoms with Crippen molar-refractivity contribution in [2.45, 2.75) is 12.1 Å². The standard InChI is InChI=1S/C18H22N2O2/c1-22-13-3-5-16-14(10-13)18-15-11-20(8-9-21)7-6-12(15)2-4-17(18)19-16/h2-7,10,14,16-19,21H,8-9,11H2,1H3. The smallest absolute Gasteiger partial charge is 0.114 e. The van der Waals surface area contributed by atoms with Crippen LogP contribution in [-0.4, -0.2) is 48.9 Å². The van der Waals surface area contributed by atoms with E-state index in [0.29, 0.717) is 30.5 Å². The third-order valence-corrected chi connectivity index (χ3v) is 5.14. The van der Waals surface area contributed by atoms with Crippen molar-refractivity contribution in [1.29, 1.82) is 0 Å². The fraction of sp³-hybridized carbons (Fsp3) is 0.444. The molecule has 116 valence electrons. The molecule has 0 spiro atoms. The van der Waals surface area contributed by atoms with Gasteiger partial charge in [-0.3, -0.25) is 0 Å². The van der Waals surface area contributed by atoms with Gasteiger partial charge >= 0.3 is 0 Å². The predicted molar refractivity (Wildman–Crippen MR) is 85.9 cm³/mol. The lowest BCUT2D eigenvalue weighted by atomic mass is 9.75. The maximum Gasteiger partial charge on any atom is 0.114 e. The Morgan fingerprint density at radius 1 is 1.27 bits per heavy atom. The van der Waals surface area contributed by atoms with Crippen LogP contribution >= 0.6 is 0 Å².